The molecule has 2 aliphatic rings. The van der Waals surface area contributed by atoms with Crippen LogP contribution in [-0.2, 0) is 11.3 Å². The van der Waals surface area contributed by atoms with Crippen LogP contribution in [0.5, 0.6) is 0 Å². The first-order chi connectivity index (χ1) is 13.1. The van der Waals surface area contributed by atoms with Crippen molar-refractivity contribution in [1.82, 2.24) is 15.6 Å². The maximum absolute atomic E-state index is 5.81. The number of ether oxygens (including phenoxy) is 1. The number of morpholine rings is 1. The largest absolute Gasteiger partial charge is 0.372 e. The van der Waals surface area contributed by atoms with Crippen molar-refractivity contribution in [2.24, 2.45) is 4.99 Å². The predicted molar refractivity (Wildman–Crippen MR) is 111 cm³/mol. The van der Waals surface area contributed by atoms with Gasteiger partial charge < -0.3 is 20.3 Å². The van der Waals surface area contributed by atoms with E-state index in [1.165, 1.54) is 32.1 Å². The van der Waals surface area contributed by atoms with Crippen molar-refractivity contribution < 1.29 is 4.74 Å². The third-order valence-corrected chi connectivity index (χ3v) is 5.26. The Labute approximate surface area is 163 Å². The molecule has 2 fully saturated rings. The molecule has 6 nitrogen and oxygen atoms in total. The van der Waals surface area contributed by atoms with Crippen molar-refractivity contribution in [2.45, 2.75) is 77.7 Å². The van der Waals surface area contributed by atoms with Gasteiger partial charge in [0.05, 0.1) is 18.8 Å². The molecule has 0 spiro atoms. The summed E-state index contributed by atoms with van der Waals surface area (Å²) in [5, 5.41) is 6.97. The van der Waals surface area contributed by atoms with Crippen LogP contribution >= 0.6 is 0 Å². The first-order valence-corrected chi connectivity index (χ1v) is 10.5. The van der Waals surface area contributed by atoms with Crippen molar-refractivity contribution in [3.63, 3.8) is 0 Å². The summed E-state index contributed by atoms with van der Waals surface area (Å²) < 4.78 is 5.81. The molecule has 0 radical (unpaired) electrons. The Morgan fingerprint density at radius 1 is 1.19 bits per heavy atom. The first-order valence-electron chi connectivity index (χ1n) is 10.5. The van der Waals surface area contributed by atoms with Crippen molar-refractivity contribution in [3.05, 3.63) is 23.9 Å². The SMILES string of the molecule is CCNC(=NCc1ccc(N2CC(C)OC(C)C2)nc1)NC1CCCCC1. The Kier molecular flexibility index (Phi) is 7.33. The zero-order valence-electron chi connectivity index (χ0n) is 17.1. The quantitative estimate of drug-likeness (QED) is 0.613. The van der Waals surface area contributed by atoms with E-state index in [2.05, 4.69) is 53.4 Å². The molecule has 1 saturated carbocycles. The van der Waals surface area contributed by atoms with E-state index in [9.17, 15) is 0 Å². The van der Waals surface area contributed by atoms with E-state index >= 15 is 0 Å². The monoisotopic (exact) mass is 373 g/mol. The van der Waals surface area contributed by atoms with Gasteiger partial charge in [-0.15, -0.1) is 0 Å². The average Bonchev–Trinajstić information content (AvgIpc) is 2.67. The minimum atomic E-state index is 0.244. The fourth-order valence-corrected chi connectivity index (χ4v) is 3.99. The maximum atomic E-state index is 5.81. The van der Waals surface area contributed by atoms with Crippen LogP contribution in [0, 0.1) is 0 Å². The van der Waals surface area contributed by atoms with Gasteiger partial charge in [0, 0.05) is 31.9 Å². The van der Waals surface area contributed by atoms with E-state index in [-0.39, 0.29) is 12.2 Å². The average molecular weight is 374 g/mol. The molecule has 2 heterocycles. The van der Waals surface area contributed by atoms with Crippen molar-refractivity contribution >= 4 is 11.8 Å². The maximum Gasteiger partial charge on any atom is 0.191 e. The summed E-state index contributed by atoms with van der Waals surface area (Å²) in [5.74, 6) is 1.95. The molecule has 2 unspecified atom stereocenters. The Bertz CT molecular complexity index is 587. The van der Waals surface area contributed by atoms with Crippen molar-refractivity contribution in [3.8, 4) is 0 Å². The lowest BCUT2D eigenvalue weighted by atomic mass is 9.96. The summed E-state index contributed by atoms with van der Waals surface area (Å²) in [6.07, 6.45) is 8.94. The highest BCUT2D eigenvalue weighted by atomic mass is 16.5. The van der Waals surface area contributed by atoms with Gasteiger partial charge in [0.2, 0.25) is 0 Å². The van der Waals surface area contributed by atoms with E-state index in [4.69, 9.17) is 9.73 Å². The molecule has 1 aliphatic heterocycles. The molecule has 150 valence electrons. The molecular formula is C21H35N5O. The summed E-state index contributed by atoms with van der Waals surface area (Å²) in [6.45, 7) is 9.66. The zero-order valence-corrected chi connectivity index (χ0v) is 17.1. The molecule has 0 amide bonds. The molecule has 1 aromatic rings. The Hall–Kier alpha value is -1.82. The molecule has 3 rings (SSSR count). The number of nitrogens with one attached hydrogen (secondary N) is 2. The van der Waals surface area contributed by atoms with Gasteiger partial charge in [0.15, 0.2) is 5.96 Å². The van der Waals surface area contributed by atoms with Gasteiger partial charge in [-0.25, -0.2) is 9.98 Å². The molecule has 1 aromatic heterocycles. The van der Waals surface area contributed by atoms with Crippen LogP contribution in [0.4, 0.5) is 5.82 Å². The summed E-state index contributed by atoms with van der Waals surface area (Å²) in [4.78, 5) is 11.7. The first kappa shape index (κ1) is 19.9. The van der Waals surface area contributed by atoms with Crippen LogP contribution < -0.4 is 15.5 Å². The highest BCUT2D eigenvalue weighted by Crippen LogP contribution is 2.19. The lowest BCUT2D eigenvalue weighted by molar-refractivity contribution is -0.00545. The molecule has 0 aromatic carbocycles. The minimum Gasteiger partial charge on any atom is -0.372 e. The number of aliphatic imine (C=N–C) groups is 1. The number of rotatable bonds is 5. The minimum absolute atomic E-state index is 0.244. The number of nitrogens with zero attached hydrogens (tertiary/aromatic N) is 3. The third kappa shape index (κ3) is 6.09. The smallest absolute Gasteiger partial charge is 0.191 e. The number of guanidine groups is 1. The highest BCUT2D eigenvalue weighted by molar-refractivity contribution is 5.80. The molecule has 0 bridgehead atoms. The molecule has 1 aliphatic carbocycles. The molecule has 2 N–H and O–H groups in total. The van der Waals surface area contributed by atoms with Crippen molar-refractivity contribution in [2.75, 3.05) is 24.5 Å². The zero-order chi connectivity index (χ0) is 19.1. The number of anilines is 1. The highest BCUT2D eigenvalue weighted by Gasteiger charge is 2.23. The summed E-state index contributed by atoms with van der Waals surface area (Å²) in [7, 11) is 0. The molecule has 6 heteroatoms. The van der Waals surface area contributed by atoms with Gasteiger partial charge in [-0.3, -0.25) is 0 Å². The van der Waals surface area contributed by atoms with Gasteiger partial charge in [0.25, 0.3) is 0 Å². The number of hydrogen-bond donors (Lipinski definition) is 2. The molecule has 27 heavy (non-hydrogen) atoms. The second kappa shape index (κ2) is 9.93. The van der Waals surface area contributed by atoms with Gasteiger partial charge >= 0.3 is 0 Å². The van der Waals surface area contributed by atoms with E-state index in [0.29, 0.717) is 12.6 Å². The van der Waals surface area contributed by atoms with E-state index in [1.54, 1.807) is 0 Å². The summed E-state index contributed by atoms with van der Waals surface area (Å²) in [6, 6.07) is 4.81. The summed E-state index contributed by atoms with van der Waals surface area (Å²) in [5.41, 5.74) is 1.13. The second-order valence-corrected chi connectivity index (χ2v) is 7.86. The Balaban J connectivity index is 1.57. The topological polar surface area (TPSA) is 61.8 Å². The Morgan fingerprint density at radius 2 is 1.93 bits per heavy atom. The van der Waals surface area contributed by atoms with Crippen LogP contribution in [0.15, 0.2) is 23.3 Å². The van der Waals surface area contributed by atoms with Gasteiger partial charge in [0.1, 0.15) is 5.82 Å². The fraction of sp³-hybridized carbons (Fsp3) is 0.714. The number of pyridine rings is 1. The molecular weight excluding hydrogens is 338 g/mol. The van der Waals surface area contributed by atoms with Crippen LogP contribution in [0.2, 0.25) is 0 Å². The lowest BCUT2D eigenvalue weighted by Crippen LogP contribution is -2.45. The number of hydrogen-bond acceptors (Lipinski definition) is 4. The van der Waals surface area contributed by atoms with Gasteiger partial charge in [-0.1, -0.05) is 25.3 Å². The van der Waals surface area contributed by atoms with Crippen molar-refractivity contribution in [1.29, 1.82) is 0 Å². The van der Waals surface area contributed by atoms with E-state index < -0.39 is 0 Å². The van der Waals surface area contributed by atoms with Gasteiger partial charge in [-0.05, 0) is 45.2 Å². The standard InChI is InChI=1S/C21H35N5O/c1-4-22-21(25-19-8-6-5-7-9-19)24-13-18-10-11-20(23-12-18)26-14-16(2)27-17(3)15-26/h10-12,16-17,19H,4-9,13-15H2,1-3H3,(H2,22,24,25). The Morgan fingerprint density at radius 3 is 2.56 bits per heavy atom. The summed E-state index contributed by atoms with van der Waals surface area (Å²) >= 11 is 0. The van der Waals surface area contributed by atoms with E-state index in [0.717, 1.165) is 37.0 Å². The van der Waals surface area contributed by atoms with Crippen LogP contribution in [-0.4, -0.2) is 48.8 Å². The predicted octanol–water partition coefficient (Wildman–Crippen LogP) is 3.08. The molecule has 2 atom stereocenters. The lowest BCUT2D eigenvalue weighted by Gasteiger charge is -2.36. The van der Waals surface area contributed by atoms with Gasteiger partial charge in [-0.2, -0.15) is 0 Å². The van der Waals surface area contributed by atoms with Crippen LogP contribution in [0.1, 0.15) is 58.4 Å². The number of aromatic nitrogens is 1. The van der Waals surface area contributed by atoms with Crippen LogP contribution in [0.3, 0.4) is 0 Å². The third-order valence-electron chi connectivity index (χ3n) is 5.26. The second-order valence-electron chi connectivity index (χ2n) is 7.86. The fourth-order valence-electron chi connectivity index (χ4n) is 3.99. The normalized spacial score (nSPS) is 24.7. The van der Waals surface area contributed by atoms with Crippen LogP contribution in [0.25, 0.3) is 0 Å². The molecule has 1 saturated heterocycles. The van der Waals surface area contributed by atoms with E-state index in [1.807, 2.05) is 6.20 Å².